The summed E-state index contributed by atoms with van der Waals surface area (Å²) in [4.78, 5) is 0. The molecule has 0 atom stereocenters. The Morgan fingerprint density at radius 3 is 2.09 bits per heavy atom. The van der Waals surface area contributed by atoms with Crippen LogP contribution in [0, 0.1) is 0 Å². The van der Waals surface area contributed by atoms with Crippen LogP contribution in [0.1, 0.15) is 20.8 Å². The van der Waals surface area contributed by atoms with Crippen LogP contribution in [-0.4, -0.2) is 30.8 Å². The van der Waals surface area contributed by atoms with Crippen molar-refractivity contribution in [1.82, 2.24) is 5.32 Å². The average Bonchev–Trinajstić information content (AvgIpc) is 1.77. The lowest BCUT2D eigenvalue weighted by Crippen LogP contribution is -2.66. The molecule has 1 aliphatic rings. The van der Waals surface area contributed by atoms with Crippen molar-refractivity contribution in [2.75, 3.05) is 19.6 Å². The van der Waals surface area contributed by atoms with Crippen molar-refractivity contribution in [3.05, 3.63) is 0 Å². The van der Waals surface area contributed by atoms with Gasteiger partial charge in [0.2, 0.25) is 0 Å². The minimum atomic E-state index is -0.0851. The van der Waals surface area contributed by atoms with Crippen LogP contribution < -0.4 is 11.1 Å². The molecular weight excluding hydrogens is 140 g/mol. The fraction of sp³-hybridized carbons (Fsp3) is 1.00. The van der Waals surface area contributed by atoms with Gasteiger partial charge in [-0.15, -0.1) is 0 Å². The van der Waals surface area contributed by atoms with Crippen LogP contribution in [0.3, 0.4) is 0 Å². The number of rotatable bonds is 2. The van der Waals surface area contributed by atoms with E-state index in [1.165, 1.54) is 0 Å². The van der Waals surface area contributed by atoms with Crippen molar-refractivity contribution in [2.45, 2.75) is 32.0 Å². The summed E-state index contributed by atoms with van der Waals surface area (Å²) >= 11 is 0. The van der Waals surface area contributed by atoms with Crippen LogP contribution >= 0.6 is 0 Å². The summed E-state index contributed by atoms with van der Waals surface area (Å²) in [6, 6.07) is 0. The molecule has 1 fully saturated rings. The Hall–Kier alpha value is -0.120. The molecule has 0 aromatic carbocycles. The second-order valence-corrected chi connectivity index (χ2v) is 4.21. The van der Waals surface area contributed by atoms with E-state index in [-0.39, 0.29) is 11.2 Å². The Labute approximate surface area is 68.3 Å². The molecule has 1 rings (SSSR count). The highest BCUT2D eigenvalue weighted by atomic mass is 16.5. The Morgan fingerprint density at radius 2 is 2.00 bits per heavy atom. The molecule has 1 saturated heterocycles. The number of nitrogens with two attached hydrogens (primary N) is 1. The summed E-state index contributed by atoms with van der Waals surface area (Å²) in [7, 11) is 0. The van der Waals surface area contributed by atoms with Gasteiger partial charge in [0, 0.05) is 19.6 Å². The van der Waals surface area contributed by atoms with E-state index >= 15 is 0 Å². The third-order valence-electron chi connectivity index (χ3n) is 1.79. The van der Waals surface area contributed by atoms with Crippen molar-refractivity contribution in [3.8, 4) is 0 Å². The first-order valence-corrected chi connectivity index (χ1v) is 4.08. The smallest absolute Gasteiger partial charge is 0.106 e. The number of hydrogen-bond donors (Lipinski definition) is 2. The normalized spacial score (nSPS) is 22.9. The van der Waals surface area contributed by atoms with E-state index in [9.17, 15) is 0 Å². The Balaban J connectivity index is 2.45. The lowest BCUT2D eigenvalue weighted by molar-refractivity contribution is -0.150. The molecule has 11 heavy (non-hydrogen) atoms. The molecule has 0 bridgehead atoms. The molecule has 0 aromatic rings. The first kappa shape index (κ1) is 8.97. The van der Waals surface area contributed by atoms with E-state index in [2.05, 4.69) is 26.1 Å². The summed E-state index contributed by atoms with van der Waals surface area (Å²) in [5.41, 5.74) is 5.44. The second-order valence-electron chi connectivity index (χ2n) is 4.21. The molecule has 1 aliphatic heterocycles. The van der Waals surface area contributed by atoms with Crippen LogP contribution in [0.5, 0.6) is 0 Å². The van der Waals surface area contributed by atoms with Crippen LogP contribution in [0.25, 0.3) is 0 Å². The highest BCUT2D eigenvalue weighted by Crippen LogP contribution is 2.22. The zero-order chi connectivity index (χ0) is 8.54. The molecule has 3 heteroatoms. The third kappa shape index (κ3) is 2.15. The van der Waals surface area contributed by atoms with Gasteiger partial charge in [-0.2, -0.15) is 0 Å². The Morgan fingerprint density at radius 1 is 1.45 bits per heavy atom. The fourth-order valence-corrected chi connectivity index (χ4v) is 1.31. The maximum Gasteiger partial charge on any atom is 0.106 e. The summed E-state index contributed by atoms with van der Waals surface area (Å²) < 4.78 is 5.82. The Bertz CT molecular complexity index is 130. The van der Waals surface area contributed by atoms with Crippen molar-refractivity contribution < 1.29 is 4.74 Å². The monoisotopic (exact) mass is 158 g/mol. The molecular formula is C8H18N2O. The van der Waals surface area contributed by atoms with Crippen LogP contribution in [0.4, 0.5) is 0 Å². The summed E-state index contributed by atoms with van der Waals surface area (Å²) in [5, 5.41) is 3.17. The van der Waals surface area contributed by atoms with Gasteiger partial charge in [-0.1, -0.05) is 0 Å². The van der Waals surface area contributed by atoms with Crippen molar-refractivity contribution in [3.63, 3.8) is 0 Å². The lowest BCUT2D eigenvalue weighted by Gasteiger charge is -2.45. The molecule has 3 N–H and O–H groups in total. The van der Waals surface area contributed by atoms with Crippen LogP contribution in [0.2, 0.25) is 0 Å². The van der Waals surface area contributed by atoms with Gasteiger partial charge in [0.05, 0.1) is 5.60 Å². The number of nitrogens with one attached hydrogen (secondary N) is 1. The first-order chi connectivity index (χ1) is 4.97. The van der Waals surface area contributed by atoms with E-state index in [1.54, 1.807) is 0 Å². The summed E-state index contributed by atoms with van der Waals surface area (Å²) in [5.74, 6) is 0. The lowest BCUT2D eigenvalue weighted by atomic mass is 9.95. The minimum Gasteiger partial charge on any atom is -0.365 e. The van der Waals surface area contributed by atoms with E-state index in [0.717, 1.165) is 13.1 Å². The predicted molar refractivity (Wildman–Crippen MR) is 45.5 cm³/mol. The van der Waals surface area contributed by atoms with Gasteiger partial charge in [0.15, 0.2) is 0 Å². The molecule has 0 amide bonds. The van der Waals surface area contributed by atoms with Gasteiger partial charge in [0.25, 0.3) is 0 Å². The third-order valence-corrected chi connectivity index (χ3v) is 1.79. The summed E-state index contributed by atoms with van der Waals surface area (Å²) in [6.45, 7) is 8.56. The van der Waals surface area contributed by atoms with Gasteiger partial charge in [-0.05, 0) is 20.8 Å². The fourth-order valence-electron chi connectivity index (χ4n) is 1.31. The second kappa shape index (κ2) is 2.73. The van der Waals surface area contributed by atoms with Crippen molar-refractivity contribution >= 4 is 0 Å². The molecule has 3 nitrogen and oxygen atoms in total. The van der Waals surface area contributed by atoms with E-state index in [4.69, 9.17) is 10.5 Å². The zero-order valence-electron chi connectivity index (χ0n) is 7.61. The molecule has 66 valence electrons. The molecule has 0 saturated carbocycles. The average molecular weight is 158 g/mol. The first-order valence-electron chi connectivity index (χ1n) is 4.08. The largest absolute Gasteiger partial charge is 0.365 e. The topological polar surface area (TPSA) is 47.3 Å². The van der Waals surface area contributed by atoms with E-state index < -0.39 is 0 Å². The minimum absolute atomic E-state index is 0.0819. The zero-order valence-corrected chi connectivity index (χ0v) is 7.61. The van der Waals surface area contributed by atoms with Gasteiger partial charge >= 0.3 is 0 Å². The standard InChI is InChI=1S/C8H18N2O/c1-7(2,3)11-8(4-9)5-10-6-8/h10H,4-6,9H2,1-3H3. The molecule has 0 radical (unpaired) electrons. The molecule has 0 aliphatic carbocycles. The SMILES string of the molecule is CC(C)(C)OC1(CN)CNC1. The van der Waals surface area contributed by atoms with Crippen molar-refractivity contribution in [1.29, 1.82) is 0 Å². The van der Waals surface area contributed by atoms with Gasteiger partial charge in [-0.25, -0.2) is 0 Å². The highest BCUT2D eigenvalue weighted by molar-refractivity contribution is 4.97. The maximum atomic E-state index is 5.82. The van der Waals surface area contributed by atoms with Crippen LogP contribution in [-0.2, 0) is 4.74 Å². The molecule has 0 spiro atoms. The predicted octanol–water partition coefficient (Wildman–Crippen LogP) is 0.102. The number of ether oxygens (including phenoxy) is 1. The van der Waals surface area contributed by atoms with Gasteiger partial charge < -0.3 is 15.8 Å². The van der Waals surface area contributed by atoms with Gasteiger partial charge in [-0.3, -0.25) is 0 Å². The highest BCUT2D eigenvalue weighted by Gasteiger charge is 2.39. The van der Waals surface area contributed by atoms with Crippen molar-refractivity contribution in [2.24, 2.45) is 5.73 Å². The van der Waals surface area contributed by atoms with Crippen LogP contribution in [0.15, 0.2) is 0 Å². The van der Waals surface area contributed by atoms with Gasteiger partial charge in [0.1, 0.15) is 5.60 Å². The molecule has 0 unspecified atom stereocenters. The maximum absolute atomic E-state index is 5.82. The van der Waals surface area contributed by atoms with E-state index in [1.807, 2.05) is 0 Å². The summed E-state index contributed by atoms with van der Waals surface area (Å²) in [6.07, 6.45) is 0. The molecule has 1 heterocycles. The molecule has 0 aromatic heterocycles. The van der Waals surface area contributed by atoms with E-state index in [0.29, 0.717) is 6.54 Å². The quantitative estimate of drug-likeness (QED) is 0.599. The Kier molecular flexibility index (Phi) is 2.23. The number of hydrogen-bond acceptors (Lipinski definition) is 3.